The molecule has 0 bridgehead atoms. The quantitative estimate of drug-likeness (QED) is 0.647. The van der Waals surface area contributed by atoms with Gasteiger partial charge in [-0.2, -0.15) is 0 Å². The monoisotopic (exact) mass is 275 g/mol. The highest BCUT2D eigenvalue weighted by Crippen LogP contribution is 2.13. The molecule has 0 fully saturated rings. The van der Waals surface area contributed by atoms with Crippen molar-refractivity contribution in [1.29, 1.82) is 0 Å². The number of carbonyl (C=O) groups is 2. The molecule has 1 rings (SSSR count). The third-order valence-corrected chi connectivity index (χ3v) is 2.65. The lowest BCUT2D eigenvalue weighted by atomic mass is 10.0. The van der Waals surface area contributed by atoms with Gasteiger partial charge in [0, 0.05) is 12.6 Å². The highest BCUT2D eigenvalue weighted by molar-refractivity contribution is 5.98. The van der Waals surface area contributed by atoms with Crippen molar-refractivity contribution >= 4 is 11.9 Å². The third-order valence-electron chi connectivity index (χ3n) is 2.65. The van der Waals surface area contributed by atoms with Crippen molar-refractivity contribution in [3.05, 3.63) is 34.9 Å². The van der Waals surface area contributed by atoms with Crippen LogP contribution < -0.4 is 0 Å². The van der Waals surface area contributed by atoms with Crippen LogP contribution >= 0.6 is 0 Å². The number of ether oxygens (including phenoxy) is 1. The number of esters is 1. The van der Waals surface area contributed by atoms with Crippen LogP contribution in [0.1, 0.15) is 21.5 Å². The Morgan fingerprint density at radius 1 is 1.40 bits per heavy atom. The van der Waals surface area contributed by atoms with Crippen LogP contribution in [0.15, 0.2) is 18.2 Å². The molecule has 20 heavy (non-hydrogen) atoms. The van der Waals surface area contributed by atoms with Crippen LogP contribution in [0, 0.1) is 18.8 Å². The van der Waals surface area contributed by atoms with Crippen molar-refractivity contribution in [1.82, 2.24) is 4.90 Å². The molecule has 5 nitrogen and oxygen atoms in total. The molecular formula is C15H17NO4. The summed E-state index contributed by atoms with van der Waals surface area (Å²) in [6, 6.07) is 5.26. The van der Waals surface area contributed by atoms with E-state index in [0.717, 1.165) is 5.56 Å². The molecule has 0 aliphatic carbocycles. The van der Waals surface area contributed by atoms with E-state index in [9.17, 15) is 9.59 Å². The van der Waals surface area contributed by atoms with Crippen LogP contribution in [0.5, 0.6) is 0 Å². The number of benzene rings is 1. The second-order valence-electron chi connectivity index (χ2n) is 4.25. The average Bonchev–Trinajstić information content (AvgIpc) is 2.44. The number of aliphatic hydroxyl groups is 1. The highest BCUT2D eigenvalue weighted by atomic mass is 16.5. The van der Waals surface area contributed by atoms with Gasteiger partial charge in [-0.25, -0.2) is 0 Å². The van der Waals surface area contributed by atoms with E-state index in [1.165, 1.54) is 19.1 Å². The van der Waals surface area contributed by atoms with Crippen LogP contribution in [-0.4, -0.2) is 49.2 Å². The number of aryl methyl sites for hydroxylation is 1. The molecule has 0 aliphatic heterocycles. The first-order chi connectivity index (χ1) is 9.49. The maximum Gasteiger partial charge on any atom is 0.325 e. The Labute approximate surface area is 118 Å². The lowest BCUT2D eigenvalue weighted by molar-refractivity contribution is -0.141. The number of aliphatic hydroxyl groups excluding tert-OH is 1. The fraction of sp³-hybridized carbons (Fsp3) is 0.333. The summed E-state index contributed by atoms with van der Waals surface area (Å²) in [5.41, 5.74) is 1.83. The molecule has 0 heterocycles. The maximum absolute atomic E-state index is 12.3. The molecule has 0 unspecified atom stereocenters. The van der Waals surface area contributed by atoms with Crippen LogP contribution in [0.2, 0.25) is 0 Å². The van der Waals surface area contributed by atoms with Crippen molar-refractivity contribution in [3.63, 3.8) is 0 Å². The molecule has 0 spiro atoms. The fourth-order valence-corrected chi connectivity index (χ4v) is 1.61. The lowest BCUT2D eigenvalue weighted by Crippen LogP contribution is -2.33. The molecule has 106 valence electrons. The summed E-state index contributed by atoms with van der Waals surface area (Å²) in [4.78, 5) is 24.8. The predicted molar refractivity (Wildman–Crippen MR) is 74.1 cm³/mol. The molecule has 0 radical (unpaired) electrons. The van der Waals surface area contributed by atoms with Crippen LogP contribution in [0.3, 0.4) is 0 Å². The number of amides is 1. The van der Waals surface area contributed by atoms with Gasteiger partial charge in [0.2, 0.25) is 0 Å². The van der Waals surface area contributed by atoms with Crippen LogP contribution in [-0.2, 0) is 9.53 Å². The first-order valence-electron chi connectivity index (χ1n) is 6.02. The summed E-state index contributed by atoms with van der Waals surface area (Å²) >= 11 is 0. The normalized spacial score (nSPS) is 9.40. The molecule has 1 N–H and O–H groups in total. The highest BCUT2D eigenvalue weighted by Gasteiger charge is 2.17. The number of hydrogen-bond acceptors (Lipinski definition) is 4. The molecule has 0 aliphatic rings. The Kier molecular flexibility index (Phi) is 5.75. The molecule has 5 heteroatoms. The van der Waals surface area contributed by atoms with Gasteiger partial charge in [0.25, 0.3) is 5.91 Å². The lowest BCUT2D eigenvalue weighted by Gasteiger charge is -2.17. The second-order valence-corrected chi connectivity index (χ2v) is 4.25. The summed E-state index contributed by atoms with van der Waals surface area (Å²) in [5, 5.41) is 8.74. The van der Waals surface area contributed by atoms with Gasteiger partial charge in [0.15, 0.2) is 0 Å². The van der Waals surface area contributed by atoms with E-state index >= 15 is 0 Å². The van der Waals surface area contributed by atoms with Crippen molar-refractivity contribution in [2.45, 2.75) is 6.92 Å². The van der Waals surface area contributed by atoms with E-state index in [1.54, 1.807) is 12.1 Å². The SMILES string of the molecule is COC(=O)CN(C)C(=O)c1cc(C)ccc1C#CCO. The minimum absolute atomic E-state index is 0.129. The number of rotatable bonds is 3. The van der Waals surface area contributed by atoms with Gasteiger partial charge in [-0.1, -0.05) is 23.5 Å². The molecule has 0 saturated carbocycles. The van der Waals surface area contributed by atoms with Crippen LogP contribution in [0.4, 0.5) is 0 Å². The zero-order valence-electron chi connectivity index (χ0n) is 11.8. The van der Waals surface area contributed by atoms with Gasteiger partial charge in [-0.05, 0) is 19.1 Å². The Bertz CT molecular complexity index is 569. The van der Waals surface area contributed by atoms with Gasteiger partial charge in [-0.15, -0.1) is 0 Å². The molecule has 0 aromatic heterocycles. The standard InChI is InChI=1S/C15H17NO4/c1-11-6-7-12(5-4-8-17)13(9-11)15(19)16(2)10-14(18)20-3/h6-7,9,17H,8,10H2,1-3H3. The third kappa shape index (κ3) is 4.11. The van der Waals surface area contributed by atoms with Crippen LogP contribution in [0.25, 0.3) is 0 Å². The van der Waals surface area contributed by atoms with Gasteiger partial charge < -0.3 is 14.7 Å². The molecule has 0 atom stereocenters. The molecule has 1 amide bonds. The molecule has 1 aromatic carbocycles. The number of methoxy groups -OCH3 is 1. The minimum Gasteiger partial charge on any atom is -0.468 e. The van der Waals surface area contributed by atoms with Crippen molar-refractivity contribution in [2.75, 3.05) is 27.3 Å². The van der Waals surface area contributed by atoms with Gasteiger partial charge in [0.05, 0.1) is 12.7 Å². The first kappa shape index (κ1) is 15.7. The summed E-state index contributed by atoms with van der Waals surface area (Å²) in [5.74, 6) is 4.44. The number of carbonyl (C=O) groups excluding carboxylic acids is 2. The van der Waals surface area contributed by atoms with Gasteiger partial charge >= 0.3 is 5.97 Å². The Morgan fingerprint density at radius 2 is 2.10 bits per heavy atom. The van der Waals surface area contributed by atoms with Gasteiger partial charge in [-0.3, -0.25) is 9.59 Å². The Hall–Kier alpha value is -2.32. The smallest absolute Gasteiger partial charge is 0.325 e. The van der Waals surface area contributed by atoms with Crippen molar-refractivity contribution in [3.8, 4) is 11.8 Å². The Morgan fingerprint density at radius 3 is 2.70 bits per heavy atom. The van der Waals surface area contributed by atoms with E-state index in [2.05, 4.69) is 16.6 Å². The van der Waals surface area contributed by atoms with E-state index in [1.807, 2.05) is 13.0 Å². The van der Waals surface area contributed by atoms with E-state index in [0.29, 0.717) is 11.1 Å². The van der Waals surface area contributed by atoms with E-state index in [-0.39, 0.29) is 19.1 Å². The Balaban J connectivity index is 3.07. The summed E-state index contributed by atoms with van der Waals surface area (Å²) in [6.07, 6.45) is 0. The topological polar surface area (TPSA) is 66.8 Å². The first-order valence-corrected chi connectivity index (χ1v) is 6.02. The predicted octanol–water partition coefficient (Wildman–Crippen LogP) is 0.584. The second kappa shape index (κ2) is 7.31. The summed E-state index contributed by atoms with van der Waals surface area (Å²) in [6.45, 7) is 1.45. The maximum atomic E-state index is 12.3. The average molecular weight is 275 g/mol. The minimum atomic E-state index is -0.489. The summed E-state index contributed by atoms with van der Waals surface area (Å²) < 4.78 is 4.53. The number of nitrogens with zero attached hydrogens (tertiary/aromatic N) is 1. The number of likely N-dealkylation sites (N-methyl/N-ethyl adjacent to an activating group) is 1. The number of hydrogen-bond donors (Lipinski definition) is 1. The van der Waals surface area contributed by atoms with E-state index in [4.69, 9.17) is 5.11 Å². The fourth-order valence-electron chi connectivity index (χ4n) is 1.61. The van der Waals surface area contributed by atoms with Crippen molar-refractivity contribution < 1.29 is 19.4 Å². The molecule has 0 saturated heterocycles. The van der Waals surface area contributed by atoms with Crippen molar-refractivity contribution in [2.24, 2.45) is 0 Å². The largest absolute Gasteiger partial charge is 0.468 e. The van der Waals surface area contributed by atoms with E-state index < -0.39 is 5.97 Å². The zero-order valence-corrected chi connectivity index (χ0v) is 11.8. The summed E-state index contributed by atoms with van der Waals surface area (Å²) in [7, 11) is 2.79. The molecule has 1 aromatic rings. The molecular weight excluding hydrogens is 258 g/mol. The zero-order chi connectivity index (χ0) is 15.1. The van der Waals surface area contributed by atoms with Gasteiger partial charge in [0.1, 0.15) is 13.2 Å².